The minimum Gasteiger partial charge on any atom is -0.495 e. The summed E-state index contributed by atoms with van der Waals surface area (Å²) in [6, 6.07) is 13.7. The number of anilines is 2. The van der Waals surface area contributed by atoms with Crippen molar-refractivity contribution in [2.45, 2.75) is 19.4 Å². The zero-order valence-electron chi connectivity index (χ0n) is 13.2. The lowest BCUT2D eigenvalue weighted by atomic mass is 10.1. The zero-order valence-corrected chi connectivity index (χ0v) is 13.9. The van der Waals surface area contributed by atoms with Gasteiger partial charge in [-0.05, 0) is 43.2 Å². The van der Waals surface area contributed by atoms with Crippen LogP contribution in [0.5, 0.6) is 5.75 Å². The molecule has 0 fully saturated rings. The predicted molar refractivity (Wildman–Crippen MR) is 93.6 cm³/mol. The van der Waals surface area contributed by atoms with Crippen molar-refractivity contribution in [2.24, 2.45) is 0 Å². The number of halogens is 1. The number of ether oxygens (including phenoxy) is 1. The summed E-state index contributed by atoms with van der Waals surface area (Å²) in [5.41, 5.74) is 3.01. The van der Waals surface area contributed by atoms with Crippen molar-refractivity contribution in [2.75, 3.05) is 23.9 Å². The van der Waals surface area contributed by atoms with E-state index in [4.69, 9.17) is 16.3 Å². The molecular formula is C18H19ClN2O2. The van der Waals surface area contributed by atoms with Crippen LogP contribution in [0.25, 0.3) is 0 Å². The zero-order chi connectivity index (χ0) is 16.4. The molecule has 1 amide bonds. The Hall–Kier alpha value is -2.20. The van der Waals surface area contributed by atoms with Gasteiger partial charge in [0, 0.05) is 16.8 Å². The van der Waals surface area contributed by atoms with Gasteiger partial charge in [0.05, 0.1) is 19.3 Å². The molecule has 2 aromatic rings. The second-order valence-corrected chi connectivity index (χ2v) is 6.14. The van der Waals surface area contributed by atoms with Crippen molar-refractivity contribution in [3.05, 3.63) is 53.1 Å². The number of nitrogens with one attached hydrogen (secondary N) is 1. The van der Waals surface area contributed by atoms with Gasteiger partial charge in [-0.3, -0.25) is 4.79 Å². The van der Waals surface area contributed by atoms with Crippen LogP contribution in [0.1, 0.15) is 12.5 Å². The van der Waals surface area contributed by atoms with Crippen molar-refractivity contribution in [3.8, 4) is 5.75 Å². The number of benzene rings is 2. The summed E-state index contributed by atoms with van der Waals surface area (Å²) in [4.78, 5) is 14.6. The topological polar surface area (TPSA) is 41.6 Å². The van der Waals surface area contributed by atoms with Crippen LogP contribution in [0.2, 0.25) is 5.02 Å². The van der Waals surface area contributed by atoms with Gasteiger partial charge in [-0.25, -0.2) is 0 Å². The average molecular weight is 331 g/mol. The van der Waals surface area contributed by atoms with Crippen LogP contribution in [0, 0.1) is 0 Å². The van der Waals surface area contributed by atoms with Gasteiger partial charge in [-0.15, -0.1) is 0 Å². The minimum absolute atomic E-state index is 0.0888. The molecule has 0 aromatic heterocycles. The highest BCUT2D eigenvalue weighted by Gasteiger charge is 2.27. The van der Waals surface area contributed by atoms with E-state index in [1.165, 1.54) is 5.56 Å². The first-order valence-electron chi connectivity index (χ1n) is 7.56. The summed E-state index contributed by atoms with van der Waals surface area (Å²) in [5.74, 6) is 0.506. The van der Waals surface area contributed by atoms with Crippen molar-refractivity contribution >= 4 is 28.9 Å². The summed E-state index contributed by atoms with van der Waals surface area (Å²) in [6.07, 6.45) is 0.962. The fourth-order valence-electron chi connectivity index (χ4n) is 2.99. The first-order valence-corrected chi connectivity index (χ1v) is 7.94. The van der Waals surface area contributed by atoms with E-state index < -0.39 is 0 Å². The highest BCUT2D eigenvalue weighted by molar-refractivity contribution is 6.31. The van der Waals surface area contributed by atoms with Crippen molar-refractivity contribution in [3.63, 3.8) is 0 Å². The highest BCUT2D eigenvalue weighted by Crippen LogP contribution is 2.32. The summed E-state index contributed by atoms with van der Waals surface area (Å²) in [7, 11) is 1.57. The molecule has 1 aliphatic heterocycles. The van der Waals surface area contributed by atoms with E-state index in [0.717, 1.165) is 12.1 Å². The lowest BCUT2D eigenvalue weighted by Gasteiger charge is -2.24. The summed E-state index contributed by atoms with van der Waals surface area (Å²) in [5, 5.41) is 3.45. The number of fused-ring (bicyclic) bond motifs is 1. The van der Waals surface area contributed by atoms with E-state index in [1.54, 1.807) is 25.3 Å². The molecule has 4 nitrogen and oxygen atoms in total. The summed E-state index contributed by atoms with van der Waals surface area (Å²) in [6.45, 7) is 2.43. The van der Waals surface area contributed by atoms with Crippen LogP contribution in [0.4, 0.5) is 11.4 Å². The number of hydrogen-bond donors (Lipinski definition) is 1. The molecule has 120 valence electrons. The molecule has 0 radical (unpaired) electrons. The number of amides is 1. The third kappa shape index (κ3) is 3.27. The number of nitrogens with zero attached hydrogens (tertiary/aromatic N) is 1. The predicted octanol–water partition coefficient (Wildman–Crippen LogP) is 3.74. The molecule has 3 rings (SSSR count). The normalized spacial score (nSPS) is 16.1. The van der Waals surface area contributed by atoms with Gasteiger partial charge in [0.15, 0.2) is 0 Å². The van der Waals surface area contributed by atoms with Gasteiger partial charge >= 0.3 is 0 Å². The first kappa shape index (κ1) is 15.7. The number of para-hydroxylation sites is 1. The third-order valence-electron chi connectivity index (χ3n) is 4.10. The van der Waals surface area contributed by atoms with Crippen LogP contribution in [-0.2, 0) is 11.2 Å². The lowest BCUT2D eigenvalue weighted by Crippen LogP contribution is -2.37. The van der Waals surface area contributed by atoms with Crippen molar-refractivity contribution < 1.29 is 9.53 Å². The molecule has 1 heterocycles. The molecule has 0 bridgehead atoms. The third-order valence-corrected chi connectivity index (χ3v) is 4.33. The van der Waals surface area contributed by atoms with Crippen LogP contribution >= 0.6 is 11.6 Å². The van der Waals surface area contributed by atoms with E-state index in [9.17, 15) is 4.79 Å². The van der Waals surface area contributed by atoms with Gasteiger partial charge in [0.2, 0.25) is 5.91 Å². The molecule has 1 atom stereocenters. The molecule has 0 aliphatic carbocycles. The largest absolute Gasteiger partial charge is 0.495 e. The molecule has 1 aliphatic rings. The van der Waals surface area contributed by atoms with Crippen LogP contribution < -0.4 is 15.0 Å². The molecule has 0 unspecified atom stereocenters. The molecule has 2 aromatic carbocycles. The maximum absolute atomic E-state index is 12.5. The molecule has 5 heteroatoms. The van der Waals surface area contributed by atoms with E-state index in [0.29, 0.717) is 29.0 Å². The van der Waals surface area contributed by atoms with Gasteiger partial charge in [0.25, 0.3) is 0 Å². The number of hydrogen-bond acceptors (Lipinski definition) is 3. The number of carbonyl (C=O) groups is 1. The standard InChI is InChI=1S/C18H19ClN2O2/c1-12-9-13-5-3-4-6-16(13)21(12)11-18(22)20-15-10-14(19)7-8-17(15)23-2/h3-8,10,12H,9,11H2,1-2H3,(H,20,22)/t12-/m0/s1. The lowest BCUT2D eigenvalue weighted by molar-refractivity contribution is -0.115. The second-order valence-electron chi connectivity index (χ2n) is 5.70. The summed E-state index contributed by atoms with van der Waals surface area (Å²) < 4.78 is 5.26. The molecule has 23 heavy (non-hydrogen) atoms. The van der Waals surface area contributed by atoms with E-state index >= 15 is 0 Å². The molecule has 0 saturated heterocycles. The van der Waals surface area contributed by atoms with Crippen molar-refractivity contribution in [1.82, 2.24) is 0 Å². The van der Waals surface area contributed by atoms with Crippen LogP contribution in [0.15, 0.2) is 42.5 Å². The molecular weight excluding hydrogens is 312 g/mol. The maximum atomic E-state index is 12.5. The van der Waals surface area contributed by atoms with E-state index in [-0.39, 0.29) is 5.91 Å². The number of rotatable bonds is 4. The Morgan fingerprint density at radius 2 is 2.13 bits per heavy atom. The van der Waals surface area contributed by atoms with Gasteiger partial charge < -0.3 is 15.0 Å². The Bertz CT molecular complexity index is 733. The SMILES string of the molecule is COc1ccc(Cl)cc1NC(=O)CN1c2ccccc2C[C@@H]1C. The fraction of sp³-hybridized carbons (Fsp3) is 0.278. The van der Waals surface area contributed by atoms with Gasteiger partial charge in [-0.2, -0.15) is 0 Å². The molecule has 0 spiro atoms. The molecule has 1 N–H and O–H groups in total. The number of methoxy groups -OCH3 is 1. The highest BCUT2D eigenvalue weighted by atomic mass is 35.5. The Morgan fingerprint density at radius 3 is 2.91 bits per heavy atom. The smallest absolute Gasteiger partial charge is 0.244 e. The summed E-state index contributed by atoms with van der Waals surface area (Å²) >= 11 is 6.00. The Balaban J connectivity index is 1.74. The van der Waals surface area contributed by atoms with Crippen LogP contribution in [-0.4, -0.2) is 25.6 Å². The van der Waals surface area contributed by atoms with E-state index in [1.807, 2.05) is 12.1 Å². The number of carbonyl (C=O) groups excluding carboxylic acids is 1. The van der Waals surface area contributed by atoms with Crippen LogP contribution in [0.3, 0.4) is 0 Å². The second kappa shape index (κ2) is 6.50. The van der Waals surface area contributed by atoms with E-state index in [2.05, 4.69) is 29.3 Å². The van der Waals surface area contributed by atoms with Crippen molar-refractivity contribution in [1.29, 1.82) is 0 Å². The first-order chi connectivity index (χ1) is 11.1. The Labute approximate surface area is 141 Å². The van der Waals surface area contributed by atoms with Gasteiger partial charge in [-0.1, -0.05) is 29.8 Å². The minimum atomic E-state index is -0.0888. The average Bonchev–Trinajstić information content (AvgIpc) is 2.83. The maximum Gasteiger partial charge on any atom is 0.244 e. The fourth-order valence-corrected chi connectivity index (χ4v) is 3.16. The quantitative estimate of drug-likeness (QED) is 0.928. The van der Waals surface area contributed by atoms with Gasteiger partial charge in [0.1, 0.15) is 5.75 Å². The molecule has 0 saturated carbocycles. The Kier molecular flexibility index (Phi) is 4.44. The monoisotopic (exact) mass is 330 g/mol. The Morgan fingerprint density at radius 1 is 1.35 bits per heavy atom.